The fraction of sp³-hybridized carbons (Fsp3) is 0.342. The number of ether oxygens (including phenoxy) is 6. The Labute approximate surface area is 285 Å². The summed E-state index contributed by atoms with van der Waals surface area (Å²) in [4.78, 5) is 36.5. The maximum Gasteiger partial charge on any atom is 0.344 e. The Morgan fingerprint density at radius 1 is 0.776 bits per heavy atom. The van der Waals surface area contributed by atoms with E-state index in [1.807, 2.05) is 6.07 Å². The lowest BCUT2D eigenvalue weighted by Crippen LogP contribution is -2.18. The zero-order valence-electron chi connectivity index (χ0n) is 28.2. The predicted octanol–water partition coefficient (Wildman–Crippen LogP) is 6.20. The van der Waals surface area contributed by atoms with E-state index in [9.17, 15) is 14.4 Å². The monoisotopic (exact) mass is 673 g/mol. The van der Waals surface area contributed by atoms with Gasteiger partial charge in [0, 0.05) is 17.7 Å². The van der Waals surface area contributed by atoms with Gasteiger partial charge < -0.3 is 38.2 Å². The van der Waals surface area contributed by atoms with E-state index >= 15 is 0 Å². The van der Waals surface area contributed by atoms with Gasteiger partial charge in [-0.1, -0.05) is 12.1 Å². The molecule has 1 N–H and O–H groups in total. The van der Waals surface area contributed by atoms with Crippen LogP contribution in [0, 0.1) is 0 Å². The van der Waals surface area contributed by atoms with E-state index in [1.165, 1.54) is 33.5 Å². The van der Waals surface area contributed by atoms with Crippen molar-refractivity contribution in [2.24, 2.45) is 0 Å². The second-order valence-corrected chi connectivity index (χ2v) is 11.0. The average molecular weight is 674 g/mol. The molecule has 0 unspecified atom stereocenters. The Balaban J connectivity index is 0.995. The van der Waals surface area contributed by atoms with E-state index in [0.29, 0.717) is 52.9 Å². The summed E-state index contributed by atoms with van der Waals surface area (Å²) in [5.74, 6) is 1.62. The molecule has 0 amide bonds. The lowest BCUT2D eigenvalue weighted by atomic mass is 10.1. The fourth-order valence-electron chi connectivity index (χ4n) is 4.92. The van der Waals surface area contributed by atoms with E-state index in [2.05, 4.69) is 5.32 Å². The molecular formula is C38H43NO10. The third-order valence-electron chi connectivity index (χ3n) is 7.48. The molecular weight excluding hydrogens is 630 g/mol. The molecule has 11 nitrogen and oxygen atoms in total. The molecule has 0 saturated heterocycles. The minimum atomic E-state index is -0.435. The minimum Gasteiger partial charge on any atom is -0.493 e. The van der Waals surface area contributed by atoms with E-state index in [4.69, 9.17) is 32.8 Å². The summed E-state index contributed by atoms with van der Waals surface area (Å²) in [6, 6.07) is 19.1. The summed E-state index contributed by atoms with van der Waals surface area (Å²) in [5.41, 5.74) is 1.87. The smallest absolute Gasteiger partial charge is 0.344 e. The molecule has 0 aliphatic heterocycles. The number of hydrogen-bond donors (Lipinski definition) is 1. The number of benzene rings is 3. The van der Waals surface area contributed by atoms with Crippen molar-refractivity contribution < 1.29 is 42.4 Å². The average Bonchev–Trinajstić information content (AvgIpc) is 3.13. The summed E-state index contributed by atoms with van der Waals surface area (Å²) in [6.45, 7) is 2.15. The Morgan fingerprint density at radius 3 is 2.16 bits per heavy atom. The number of unbranched alkanes of at least 4 members (excludes halogenated alkanes) is 3. The SMILES string of the molecule is COc1cc(/C=C/C(=O)OCCCCCNCCCCOC(=O)COc2ccc(-c3cc(=O)c4ccccc4o3)cc2)cc(OC)c1OC. The normalized spacial score (nSPS) is 11.0. The summed E-state index contributed by atoms with van der Waals surface area (Å²) < 4.78 is 38.0. The number of nitrogens with one attached hydrogen (secondary N) is 1. The first-order valence-electron chi connectivity index (χ1n) is 16.2. The van der Waals surface area contributed by atoms with Gasteiger partial charge in [-0.05, 0) is 105 Å². The summed E-state index contributed by atoms with van der Waals surface area (Å²) in [7, 11) is 4.60. The number of carbonyl (C=O) groups excluding carboxylic acids is 2. The molecule has 1 heterocycles. The van der Waals surface area contributed by atoms with Crippen molar-refractivity contribution in [3.8, 4) is 34.3 Å². The van der Waals surface area contributed by atoms with Crippen LogP contribution in [0.2, 0.25) is 0 Å². The first kappa shape index (κ1) is 36.5. The number of methoxy groups -OCH3 is 3. The molecule has 0 radical (unpaired) electrons. The highest BCUT2D eigenvalue weighted by atomic mass is 16.6. The lowest BCUT2D eigenvalue weighted by molar-refractivity contribution is -0.146. The number of esters is 2. The summed E-state index contributed by atoms with van der Waals surface area (Å²) in [6.07, 6.45) is 7.29. The van der Waals surface area contributed by atoms with E-state index < -0.39 is 11.9 Å². The first-order chi connectivity index (χ1) is 23.9. The maximum atomic E-state index is 12.4. The van der Waals surface area contributed by atoms with E-state index in [0.717, 1.165) is 56.3 Å². The molecule has 0 aliphatic carbocycles. The predicted molar refractivity (Wildman–Crippen MR) is 186 cm³/mol. The third kappa shape index (κ3) is 11.4. The number of carbonyl (C=O) groups is 2. The van der Waals surface area contributed by atoms with Crippen molar-refractivity contribution in [3.63, 3.8) is 0 Å². The molecule has 11 heteroatoms. The van der Waals surface area contributed by atoms with Crippen LogP contribution in [-0.2, 0) is 19.1 Å². The van der Waals surface area contributed by atoms with Gasteiger partial charge in [-0.3, -0.25) is 4.79 Å². The standard InChI is InChI=1S/C38H43NO10/c1-43-34-23-27(24-35(44-2)38(34)45-3)13-18-36(41)46-21-9-4-7-19-39-20-8-10-22-47-37(42)26-48-29-16-14-28(15-17-29)33-25-31(40)30-11-5-6-12-32(30)49-33/h5-6,11-18,23-25,39H,4,7-10,19-22,26H2,1-3H3/b18-13+. The molecule has 0 saturated carbocycles. The van der Waals surface area contributed by atoms with Crippen LogP contribution in [0.5, 0.6) is 23.0 Å². The molecule has 3 aromatic carbocycles. The van der Waals surface area contributed by atoms with Gasteiger partial charge in [-0.25, -0.2) is 9.59 Å². The van der Waals surface area contributed by atoms with Crippen molar-refractivity contribution in [2.45, 2.75) is 32.1 Å². The summed E-state index contributed by atoms with van der Waals surface area (Å²) >= 11 is 0. The number of hydrogen-bond acceptors (Lipinski definition) is 11. The highest BCUT2D eigenvalue weighted by Gasteiger charge is 2.12. The molecule has 0 spiro atoms. The Morgan fingerprint density at radius 2 is 1.45 bits per heavy atom. The summed E-state index contributed by atoms with van der Waals surface area (Å²) in [5, 5.41) is 3.91. The van der Waals surface area contributed by atoms with Crippen molar-refractivity contribution >= 4 is 29.0 Å². The van der Waals surface area contributed by atoms with Crippen LogP contribution < -0.4 is 29.7 Å². The van der Waals surface area contributed by atoms with Gasteiger partial charge in [0.25, 0.3) is 0 Å². The van der Waals surface area contributed by atoms with Gasteiger partial charge in [0.1, 0.15) is 17.1 Å². The second-order valence-electron chi connectivity index (χ2n) is 11.0. The number of fused-ring (bicyclic) bond motifs is 1. The molecule has 0 atom stereocenters. The highest BCUT2D eigenvalue weighted by Crippen LogP contribution is 2.38. The van der Waals surface area contributed by atoms with E-state index in [-0.39, 0.29) is 12.0 Å². The van der Waals surface area contributed by atoms with Crippen molar-refractivity contribution in [1.29, 1.82) is 0 Å². The van der Waals surface area contributed by atoms with Crippen molar-refractivity contribution in [2.75, 3.05) is 54.2 Å². The van der Waals surface area contributed by atoms with Crippen LogP contribution in [-0.4, -0.2) is 66.2 Å². The largest absolute Gasteiger partial charge is 0.493 e. The fourth-order valence-corrected chi connectivity index (χ4v) is 4.92. The van der Waals surface area contributed by atoms with Gasteiger partial charge in [-0.15, -0.1) is 0 Å². The Bertz CT molecular complexity index is 1720. The topological polar surface area (TPSA) is 132 Å². The number of rotatable bonds is 20. The van der Waals surface area contributed by atoms with Crippen LogP contribution in [0.25, 0.3) is 28.4 Å². The maximum absolute atomic E-state index is 12.4. The van der Waals surface area contributed by atoms with Crippen LogP contribution in [0.1, 0.15) is 37.7 Å². The van der Waals surface area contributed by atoms with Crippen molar-refractivity contribution in [3.05, 3.63) is 88.6 Å². The second kappa shape index (κ2) is 19.5. The van der Waals surface area contributed by atoms with Gasteiger partial charge >= 0.3 is 11.9 Å². The Kier molecular flexibility index (Phi) is 14.6. The zero-order chi connectivity index (χ0) is 34.8. The molecule has 4 aromatic rings. The highest BCUT2D eigenvalue weighted by molar-refractivity contribution is 5.87. The molecule has 1 aromatic heterocycles. The van der Waals surface area contributed by atoms with Gasteiger partial charge in [-0.2, -0.15) is 0 Å². The van der Waals surface area contributed by atoms with Crippen LogP contribution in [0.4, 0.5) is 0 Å². The van der Waals surface area contributed by atoms with E-state index in [1.54, 1.807) is 60.7 Å². The third-order valence-corrected chi connectivity index (χ3v) is 7.48. The van der Waals surface area contributed by atoms with Crippen LogP contribution >= 0.6 is 0 Å². The Hall–Kier alpha value is -5.29. The van der Waals surface area contributed by atoms with Gasteiger partial charge in [0.2, 0.25) is 5.75 Å². The first-order valence-corrected chi connectivity index (χ1v) is 16.2. The number of para-hydroxylation sites is 1. The molecule has 0 fully saturated rings. The van der Waals surface area contributed by atoms with Crippen LogP contribution in [0.3, 0.4) is 0 Å². The molecule has 0 aliphatic rings. The molecule has 0 bridgehead atoms. The molecule has 49 heavy (non-hydrogen) atoms. The van der Waals surface area contributed by atoms with Crippen molar-refractivity contribution in [1.82, 2.24) is 5.32 Å². The van der Waals surface area contributed by atoms with Crippen LogP contribution in [0.15, 0.2) is 82.0 Å². The molecule has 4 rings (SSSR count). The minimum absolute atomic E-state index is 0.107. The molecule has 260 valence electrons. The van der Waals surface area contributed by atoms with Gasteiger partial charge in [0.15, 0.2) is 23.5 Å². The van der Waals surface area contributed by atoms with Gasteiger partial charge in [0.05, 0.1) is 39.9 Å². The lowest BCUT2D eigenvalue weighted by Gasteiger charge is -2.12. The quantitative estimate of drug-likeness (QED) is 0.0653. The zero-order valence-corrected chi connectivity index (χ0v) is 28.2.